The summed E-state index contributed by atoms with van der Waals surface area (Å²) in [5.41, 5.74) is 11.5. The lowest BCUT2D eigenvalue weighted by Crippen LogP contribution is -2.05. The quantitative estimate of drug-likeness (QED) is 0.244. The highest BCUT2D eigenvalue weighted by Gasteiger charge is 2.21. The van der Waals surface area contributed by atoms with E-state index in [1.807, 2.05) is 24.3 Å². The fourth-order valence-electron chi connectivity index (χ4n) is 6.33. The van der Waals surface area contributed by atoms with Gasteiger partial charge in [0.2, 0.25) is 0 Å². The molecule has 0 unspecified atom stereocenters. The second-order valence-electron chi connectivity index (χ2n) is 10.6. The molecule has 7 aromatic rings. The van der Waals surface area contributed by atoms with Gasteiger partial charge in [-0.15, -0.1) is 0 Å². The highest BCUT2D eigenvalue weighted by molar-refractivity contribution is 5.88. The fraction of sp³-hybridized carbons (Fsp3) is 0.176. The van der Waals surface area contributed by atoms with Gasteiger partial charge in [0, 0.05) is 52.7 Å². The van der Waals surface area contributed by atoms with E-state index < -0.39 is 0 Å². The zero-order valence-electron chi connectivity index (χ0n) is 21.8. The van der Waals surface area contributed by atoms with Gasteiger partial charge in [0.1, 0.15) is 11.3 Å². The summed E-state index contributed by atoms with van der Waals surface area (Å²) in [4.78, 5) is 9.98. The molecule has 5 aromatic heterocycles. The van der Waals surface area contributed by atoms with Crippen molar-refractivity contribution in [3.8, 4) is 28.2 Å². The maximum atomic E-state index is 4.99. The molecule has 1 aliphatic rings. The molecule has 1 aliphatic carbocycles. The number of hydrogen-bond acceptors (Lipinski definition) is 2. The van der Waals surface area contributed by atoms with Crippen molar-refractivity contribution in [1.82, 2.24) is 23.3 Å². The Kier molecular flexibility index (Phi) is 5.15. The van der Waals surface area contributed by atoms with Crippen LogP contribution in [0.15, 0.2) is 104 Å². The van der Waals surface area contributed by atoms with Gasteiger partial charge in [-0.25, -0.2) is 9.97 Å². The second kappa shape index (κ2) is 8.98. The van der Waals surface area contributed by atoms with Crippen molar-refractivity contribution in [3.05, 3.63) is 115 Å². The summed E-state index contributed by atoms with van der Waals surface area (Å²) < 4.78 is 6.70. The molecule has 0 fully saturated rings. The smallest absolute Gasteiger partial charge is 0.137 e. The Morgan fingerprint density at radius 2 is 1.21 bits per heavy atom. The average molecular weight is 508 g/mol. The molecule has 0 saturated heterocycles. The molecule has 5 nitrogen and oxygen atoms in total. The predicted molar refractivity (Wildman–Crippen MR) is 158 cm³/mol. The number of rotatable bonds is 3. The Bertz CT molecular complexity index is 1830. The van der Waals surface area contributed by atoms with Crippen molar-refractivity contribution in [2.45, 2.75) is 38.5 Å². The molecule has 2 aromatic carbocycles. The predicted octanol–water partition coefficient (Wildman–Crippen LogP) is 7.92. The lowest BCUT2D eigenvalue weighted by atomic mass is 9.96. The van der Waals surface area contributed by atoms with Crippen molar-refractivity contribution >= 4 is 22.2 Å². The van der Waals surface area contributed by atoms with Crippen molar-refractivity contribution < 1.29 is 0 Å². The van der Waals surface area contributed by atoms with E-state index in [0.717, 1.165) is 46.7 Å². The van der Waals surface area contributed by atoms with Crippen LogP contribution in [0.5, 0.6) is 0 Å². The van der Waals surface area contributed by atoms with Gasteiger partial charge in [-0.2, -0.15) is 0 Å². The summed E-state index contributed by atoms with van der Waals surface area (Å²) in [5.74, 6) is 0. The molecule has 5 heteroatoms. The second-order valence-corrected chi connectivity index (χ2v) is 10.6. The van der Waals surface area contributed by atoms with Crippen LogP contribution >= 0.6 is 0 Å². The molecule has 0 atom stereocenters. The van der Waals surface area contributed by atoms with Gasteiger partial charge in [0.15, 0.2) is 0 Å². The van der Waals surface area contributed by atoms with Gasteiger partial charge in [0.05, 0.1) is 16.9 Å². The molecule has 0 amide bonds. The van der Waals surface area contributed by atoms with E-state index in [9.17, 15) is 0 Å². The van der Waals surface area contributed by atoms with Crippen LogP contribution in [0, 0.1) is 0 Å². The highest BCUT2D eigenvalue weighted by Crippen LogP contribution is 2.36. The summed E-state index contributed by atoms with van der Waals surface area (Å²) >= 11 is 0. The monoisotopic (exact) mass is 507 g/mol. The highest BCUT2D eigenvalue weighted by atomic mass is 15.0. The third-order valence-electron chi connectivity index (χ3n) is 8.17. The largest absolute Gasteiger partial charge is 0.313 e. The Hall–Kier alpha value is -4.64. The number of hydrogen-bond donors (Lipinski definition) is 0. The SMILES string of the molecule is c1ccc2c(c1)c1c(n2-c2cc(-c3cn4ccccc4n3)cc(-c3cn4ccccc4n3)c2)CCCCCC1. The van der Waals surface area contributed by atoms with Crippen LogP contribution in [-0.2, 0) is 12.8 Å². The third kappa shape index (κ3) is 3.76. The molecule has 39 heavy (non-hydrogen) atoms. The first-order chi connectivity index (χ1) is 19.3. The maximum Gasteiger partial charge on any atom is 0.137 e. The van der Waals surface area contributed by atoms with Crippen LogP contribution in [-0.4, -0.2) is 23.3 Å². The van der Waals surface area contributed by atoms with E-state index in [1.54, 1.807) is 0 Å². The van der Waals surface area contributed by atoms with E-state index in [-0.39, 0.29) is 0 Å². The van der Waals surface area contributed by atoms with Crippen LogP contribution in [0.1, 0.15) is 36.9 Å². The summed E-state index contributed by atoms with van der Waals surface area (Å²) in [7, 11) is 0. The number of imidazole rings is 2. The first kappa shape index (κ1) is 22.4. The topological polar surface area (TPSA) is 39.5 Å². The minimum Gasteiger partial charge on any atom is -0.313 e. The lowest BCUT2D eigenvalue weighted by molar-refractivity contribution is 0.608. The van der Waals surface area contributed by atoms with Crippen molar-refractivity contribution in [2.24, 2.45) is 0 Å². The Balaban J connectivity index is 1.40. The number of para-hydroxylation sites is 1. The Labute approximate surface area is 227 Å². The van der Waals surface area contributed by atoms with Crippen LogP contribution in [0.3, 0.4) is 0 Å². The van der Waals surface area contributed by atoms with Gasteiger partial charge < -0.3 is 13.4 Å². The summed E-state index contributed by atoms with van der Waals surface area (Å²) in [6.45, 7) is 0. The van der Waals surface area contributed by atoms with Gasteiger partial charge in [-0.1, -0.05) is 43.2 Å². The molecule has 0 N–H and O–H groups in total. The fourth-order valence-corrected chi connectivity index (χ4v) is 6.33. The first-order valence-electron chi connectivity index (χ1n) is 14.0. The summed E-state index contributed by atoms with van der Waals surface area (Å²) in [5, 5.41) is 1.39. The van der Waals surface area contributed by atoms with Crippen molar-refractivity contribution in [3.63, 3.8) is 0 Å². The number of fused-ring (bicyclic) bond motifs is 5. The Morgan fingerprint density at radius 1 is 0.590 bits per heavy atom. The molecule has 0 radical (unpaired) electrons. The van der Waals surface area contributed by atoms with Crippen LogP contribution in [0.25, 0.3) is 50.4 Å². The van der Waals surface area contributed by atoms with E-state index in [1.165, 1.54) is 53.5 Å². The molecular formula is C34H29N5. The lowest BCUT2D eigenvalue weighted by Gasteiger charge is -2.16. The third-order valence-corrected chi connectivity index (χ3v) is 8.17. The molecule has 0 bridgehead atoms. The molecule has 5 heterocycles. The molecule has 8 rings (SSSR count). The average Bonchev–Trinajstić information content (AvgIpc) is 3.66. The standard InChI is InChI=1S/C34H29N5/c1-2-4-13-31-27(11-3-1)28-12-5-6-14-32(28)39(31)26-20-24(29-22-37-17-9-7-15-33(37)35-29)19-25(21-26)30-23-38-18-10-8-16-34(38)36-30/h5-10,12,14-23H,1-4,11,13H2. The number of benzene rings is 2. The van der Waals surface area contributed by atoms with E-state index >= 15 is 0 Å². The maximum absolute atomic E-state index is 4.99. The number of nitrogens with zero attached hydrogens (tertiary/aromatic N) is 5. The minimum atomic E-state index is 0.948. The first-order valence-corrected chi connectivity index (χ1v) is 14.0. The summed E-state index contributed by atoms with van der Waals surface area (Å²) in [6, 6.07) is 28.1. The molecule has 0 saturated carbocycles. The van der Waals surface area contributed by atoms with Crippen LogP contribution < -0.4 is 0 Å². The van der Waals surface area contributed by atoms with Crippen LogP contribution in [0.4, 0.5) is 0 Å². The normalized spacial score (nSPS) is 14.1. The molecule has 0 aliphatic heterocycles. The Morgan fingerprint density at radius 3 is 1.87 bits per heavy atom. The van der Waals surface area contributed by atoms with E-state index in [4.69, 9.17) is 9.97 Å². The van der Waals surface area contributed by atoms with E-state index in [2.05, 4.69) is 92.8 Å². The minimum absolute atomic E-state index is 0.948. The molecular weight excluding hydrogens is 478 g/mol. The zero-order valence-corrected chi connectivity index (χ0v) is 21.8. The van der Waals surface area contributed by atoms with E-state index in [0.29, 0.717) is 0 Å². The van der Waals surface area contributed by atoms with Gasteiger partial charge >= 0.3 is 0 Å². The number of pyridine rings is 2. The van der Waals surface area contributed by atoms with Gasteiger partial charge in [-0.05, 0) is 79.8 Å². The number of aryl methyl sites for hydroxylation is 1. The van der Waals surface area contributed by atoms with Crippen molar-refractivity contribution in [1.29, 1.82) is 0 Å². The van der Waals surface area contributed by atoms with Gasteiger partial charge in [-0.3, -0.25) is 0 Å². The van der Waals surface area contributed by atoms with Gasteiger partial charge in [0.25, 0.3) is 0 Å². The zero-order chi connectivity index (χ0) is 25.8. The number of aromatic nitrogens is 5. The van der Waals surface area contributed by atoms with Crippen LogP contribution in [0.2, 0.25) is 0 Å². The van der Waals surface area contributed by atoms with Crippen molar-refractivity contribution in [2.75, 3.05) is 0 Å². The summed E-state index contributed by atoms with van der Waals surface area (Å²) in [6.07, 6.45) is 15.7. The molecule has 0 spiro atoms. The molecule has 190 valence electrons.